The molecular weight excluding hydrogens is 398 g/mol. The van der Waals surface area contributed by atoms with Gasteiger partial charge >= 0.3 is 11.9 Å². The molecule has 0 aliphatic heterocycles. The molecule has 24 heavy (non-hydrogen) atoms. The Labute approximate surface area is 140 Å². The summed E-state index contributed by atoms with van der Waals surface area (Å²) in [5.74, 6) is -1.07. The van der Waals surface area contributed by atoms with Crippen LogP contribution in [0.1, 0.15) is 16.8 Å². The number of nitriles is 1. The van der Waals surface area contributed by atoms with Gasteiger partial charge in [-0.2, -0.15) is 18.4 Å². The minimum atomic E-state index is -4.91. The van der Waals surface area contributed by atoms with Crippen LogP contribution in [-0.4, -0.2) is 9.13 Å². The van der Waals surface area contributed by atoms with Crippen LogP contribution >= 0.6 is 15.9 Å². The topological polar surface area (TPSA) is 67.8 Å². The van der Waals surface area contributed by atoms with Crippen LogP contribution in [-0.2, 0) is 18.6 Å². The van der Waals surface area contributed by atoms with Gasteiger partial charge in [0.2, 0.25) is 0 Å². The van der Waals surface area contributed by atoms with Gasteiger partial charge in [0.25, 0.3) is 5.56 Å². The number of hydrogen-bond donors (Lipinski definition) is 0. The van der Waals surface area contributed by atoms with Crippen LogP contribution < -0.4 is 11.2 Å². The SMILES string of the molecule is Cn1c(C(F)(F)F)cc(=O)n(-c2cc(CBr)c(C#N)cc2F)c1=O. The summed E-state index contributed by atoms with van der Waals surface area (Å²) in [7, 11) is 0.827. The zero-order valence-corrected chi connectivity index (χ0v) is 13.6. The van der Waals surface area contributed by atoms with Crippen molar-refractivity contribution in [3.63, 3.8) is 0 Å². The maximum absolute atomic E-state index is 14.2. The summed E-state index contributed by atoms with van der Waals surface area (Å²) < 4.78 is 53.1. The minimum absolute atomic E-state index is 0.0232. The molecule has 0 fully saturated rings. The monoisotopic (exact) mass is 405 g/mol. The smallest absolute Gasteiger partial charge is 0.292 e. The highest BCUT2D eigenvalue weighted by Gasteiger charge is 2.35. The third-order valence-electron chi connectivity index (χ3n) is 3.29. The van der Waals surface area contributed by atoms with Crippen molar-refractivity contribution in [2.24, 2.45) is 7.05 Å². The maximum Gasteiger partial charge on any atom is 0.431 e. The van der Waals surface area contributed by atoms with E-state index in [0.29, 0.717) is 0 Å². The molecule has 0 spiro atoms. The van der Waals surface area contributed by atoms with Crippen LogP contribution in [0.15, 0.2) is 27.8 Å². The lowest BCUT2D eigenvalue weighted by Gasteiger charge is -2.15. The van der Waals surface area contributed by atoms with E-state index < -0.39 is 34.6 Å². The first kappa shape index (κ1) is 17.9. The summed E-state index contributed by atoms with van der Waals surface area (Å²) in [5.41, 5.74) is -4.38. The van der Waals surface area contributed by atoms with E-state index in [4.69, 9.17) is 5.26 Å². The normalized spacial score (nSPS) is 11.4. The molecule has 5 nitrogen and oxygen atoms in total. The predicted molar refractivity (Wildman–Crippen MR) is 79.6 cm³/mol. The molecule has 2 aromatic rings. The molecule has 0 saturated carbocycles. The van der Waals surface area contributed by atoms with Gasteiger partial charge in [-0.1, -0.05) is 15.9 Å². The molecular formula is C14H8BrF4N3O2. The third kappa shape index (κ3) is 2.99. The highest BCUT2D eigenvalue weighted by Crippen LogP contribution is 2.27. The Morgan fingerprint density at radius 1 is 1.25 bits per heavy atom. The van der Waals surface area contributed by atoms with Gasteiger partial charge in [-0.05, 0) is 17.7 Å². The van der Waals surface area contributed by atoms with Gasteiger partial charge in [0.1, 0.15) is 11.5 Å². The molecule has 0 unspecified atom stereocenters. The minimum Gasteiger partial charge on any atom is -0.292 e. The summed E-state index contributed by atoms with van der Waals surface area (Å²) in [6, 6.07) is 3.84. The molecule has 0 radical (unpaired) electrons. The van der Waals surface area contributed by atoms with E-state index in [1.165, 1.54) is 0 Å². The van der Waals surface area contributed by atoms with Crippen LogP contribution in [0.3, 0.4) is 0 Å². The number of alkyl halides is 4. The van der Waals surface area contributed by atoms with Crippen molar-refractivity contribution in [1.82, 2.24) is 9.13 Å². The van der Waals surface area contributed by atoms with E-state index in [1.807, 2.05) is 0 Å². The van der Waals surface area contributed by atoms with Gasteiger partial charge in [0.15, 0.2) is 0 Å². The van der Waals surface area contributed by atoms with E-state index in [2.05, 4.69) is 15.9 Å². The van der Waals surface area contributed by atoms with E-state index in [-0.39, 0.29) is 31.7 Å². The molecule has 0 aliphatic carbocycles. The fourth-order valence-electron chi connectivity index (χ4n) is 2.11. The molecule has 0 atom stereocenters. The fourth-order valence-corrected chi connectivity index (χ4v) is 2.57. The molecule has 1 heterocycles. The summed E-state index contributed by atoms with van der Waals surface area (Å²) in [6.07, 6.45) is -4.91. The lowest BCUT2D eigenvalue weighted by atomic mass is 10.1. The first-order chi connectivity index (χ1) is 11.1. The Bertz CT molecular complexity index is 970. The first-order valence-corrected chi connectivity index (χ1v) is 7.43. The summed E-state index contributed by atoms with van der Waals surface area (Å²) in [6.45, 7) is 0. The van der Waals surface area contributed by atoms with Gasteiger partial charge in [-0.3, -0.25) is 9.36 Å². The van der Waals surface area contributed by atoms with Gasteiger partial charge in [-0.25, -0.2) is 13.8 Å². The lowest BCUT2D eigenvalue weighted by molar-refractivity contribution is -0.144. The van der Waals surface area contributed by atoms with Crippen molar-refractivity contribution in [3.05, 3.63) is 61.7 Å². The molecule has 10 heteroatoms. The Morgan fingerprint density at radius 2 is 1.88 bits per heavy atom. The van der Waals surface area contributed by atoms with Crippen LogP contribution in [0, 0.1) is 17.1 Å². The molecule has 2 rings (SSSR count). The van der Waals surface area contributed by atoms with Crippen molar-refractivity contribution >= 4 is 15.9 Å². The fraction of sp³-hybridized carbons (Fsp3) is 0.214. The third-order valence-corrected chi connectivity index (χ3v) is 3.89. The van der Waals surface area contributed by atoms with Crippen molar-refractivity contribution in [2.75, 3.05) is 0 Å². The Morgan fingerprint density at radius 3 is 2.38 bits per heavy atom. The average Bonchev–Trinajstić information content (AvgIpc) is 2.50. The lowest BCUT2D eigenvalue weighted by Crippen LogP contribution is -2.41. The van der Waals surface area contributed by atoms with Gasteiger partial charge in [0, 0.05) is 18.4 Å². The number of benzene rings is 1. The van der Waals surface area contributed by atoms with Crippen LogP contribution in [0.25, 0.3) is 5.69 Å². The number of rotatable bonds is 2. The van der Waals surface area contributed by atoms with Crippen LogP contribution in [0.2, 0.25) is 0 Å². The molecule has 0 bridgehead atoms. The summed E-state index contributed by atoms with van der Waals surface area (Å²) >= 11 is 3.08. The van der Waals surface area contributed by atoms with Crippen molar-refractivity contribution < 1.29 is 17.6 Å². The Kier molecular flexibility index (Phi) is 4.66. The van der Waals surface area contributed by atoms with Crippen molar-refractivity contribution in [2.45, 2.75) is 11.5 Å². The maximum atomic E-state index is 14.2. The summed E-state index contributed by atoms with van der Waals surface area (Å²) in [5, 5.41) is 9.04. The average molecular weight is 406 g/mol. The highest BCUT2D eigenvalue weighted by molar-refractivity contribution is 9.08. The largest absolute Gasteiger partial charge is 0.431 e. The molecule has 0 amide bonds. The first-order valence-electron chi connectivity index (χ1n) is 6.31. The second-order valence-corrected chi connectivity index (χ2v) is 5.31. The Hall–Kier alpha value is -2.41. The van der Waals surface area contributed by atoms with E-state index >= 15 is 0 Å². The number of nitrogens with zero attached hydrogens (tertiary/aromatic N) is 3. The quantitative estimate of drug-likeness (QED) is 0.569. The molecule has 0 saturated heterocycles. The van der Waals surface area contributed by atoms with Gasteiger partial charge < -0.3 is 0 Å². The zero-order valence-electron chi connectivity index (χ0n) is 12.0. The standard InChI is InChI=1S/C14H8BrF4N3O2/c1-21-11(14(17,18)19)4-12(23)22(13(21)24)10-3-7(5-15)8(6-20)2-9(10)16/h2-4H,5H2,1H3. The van der Waals surface area contributed by atoms with Gasteiger partial charge in [-0.15, -0.1) is 0 Å². The Balaban J connectivity index is 2.86. The van der Waals surface area contributed by atoms with Crippen LogP contribution in [0.4, 0.5) is 17.6 Å². The van der Waals surface area contributed by atoms with Crippen molar-refractivity contribution in [1.29, 1.82) is 5.26 Å². The van der Waals surface area contributed by atoms with E-state index in [0.717, 1.165) is 19.2 Å². The zero-order chi connectivity index (χ0) is 18.2. The molecule has 1 aromatic heterocycles. The highest BCUT2D eigenvalue weighted by atomic mass is 79.9. The second kappa shape index (κ2) is 6.24. The second-order valence-electron chi connectivity index (χ2n) is 4.75. The molecule has 0 N–H and O–H groups in total. The predicted octanol–water partition coefficient (Wildman–Crippen LogP) is 2.46. The van der Waals surface area contributed by atoms with Crippen LogP contribution in [0.5, 0.6) is 0 Å². The molecule has 126 valence electrons. The summed E-state index contributed by atoms with van der Waals surface area (Å²) in [4.78, 5) is 24.1. The van der Waals surface area contributed by atoms with Gasteiger partial charge in [0.05, 0.1) is 17.3 Å². The molecule has 1 aromatic carbocycles. The molecule has 0 aliphatic rings. The van der Waals surface area contributed by atoms with Crippen molar-refractivity contribution in [3.8, 4) is 11.8 Å². The number of aromatic nitrogens is 2. The van der Waals surface area contributed by atoms with E-state index in [9.17, 15) is 27.2 Å². The number of halogens is 5. The number of hydrogen-bond acceptors (Lipinski definition) is 3. The van der Waals surface area contributed by atoms with E-state index in [1.54, 1.807) is 6.07 Å².